The average Bonchev–Trinajstić information content (AvgIpc) is 3.09. The van der Waals surface area contributed by atoms with Gasteiger partial charge in [0.2, 0.25) is 0 Å². The zero-order valence-electron chi connectivity index (χ0n) is 9.75. The lowest BCUT2D eigenvalue weighted by atomic mass is 10.1. The molecule has 16 heavy (non-hydrogen) atoms. The monoisotopic (exact) mass is 222 g/mol. The van der Waals surface area contributed by atoms with E-state index >= 15 is 0 Å². The molecule has 1 aliphatic rings. The summed E-state index contributed by atoms with van der Waals surface area (Å²) in [5.74, 6) is -0.179. The quantitative estimate of drug-likeness (QED) is 0.830. The number of hydrogen-bond donors (Lipinski definition) is 1. The maximum absolute atomic E-state index is 13.6. The van der Waals surface area contributed by atoms with Gasteiger partial charge in [0.05, 0.1) is 0 Å². The van der Waals surface area contributed by atoms with Crippen molar-refractivity contribution < 1.29 is 4.39 Å². The van der Waals surface area contributed by atoms with Crippen molar-refractivity contribution in [3.8, 4) is 0 Å². The van der Waals surface area contributed by atoms with Crippen LogP contribution in [0.3, 0.4) is 0 Å². The molecule has 0 heterocycles. The largest absolute Gasteiger partial charge is 0.368 e. The summed E-state index contributed by atoms with van der Waals surface area (Å²) in [5, 5.41) is 0. The number of hydrogen-bond acceptors (Lipinski definition) is 2. The Balaban J connectivity index is 2.20. The molecule has 0 spiro atoms. The average molecular weight is 222 g/mol. The summed E-state index contributed by atoms with van der Waals surface area (Å²) in [7, 11) is 0. The molecule has 0 atom stereocenters. The van der Waals surface area contributed by atoms with Crippen molar-refractivity contribution in [3.05, 3.63) is 29.6 Å². The number of rotatable bonds is 5. The molecular formula is C13H19FN2. The summed E-state index contributed by atoms with van der Waals surface area (Å²) in [6.45, 7) is 3.43. The minimum Gasteiger partial charge on any atom is -0.368 e. The van der Waals surface area contributed by atoms with E-state index in [-0.39, 0.29) is 12.4 Å². The van der Waals surface area contributed by atoms with Crippen LogP contribution in [0.5, 0.6) is 0 Å². The number of halogens is 1. The Bertz CT molecular complexity index is 361. The molecule has 1 saturated carbocycles. The van der Waals surface area contributed by atoms with Gasteiger partial charge in [0.15, 0.2) is 0 Å². The van der Waals surface area contributed by atoms with E-state index in [0.29, 0.717) is 11.6 Å². The number of nitrogens with zero attached hydrogens (tertiary/aromatic N) is 1. The molecule has 0 aromatic heterocycles. The highest BCUT2D eigenvalue weighted by Gasteiger charge is 2.28. The minimum atomic E-state index is -0.179. The summed E-state index contributed by atoms with van der Waals surface area (Å²) in [4.78, 5) is 2.31. The second-order valence-electron chi connectivity index (χ2n) is 4.40. The van der Waals surface area contributed by atoms with E-state index in [4.69, 9.17) is 5.73 Å². The third-order valence-corrected chi connectivity index (χ3v) is 3.04. The number of nitrogens with two attached hydrogens (primary N) is 1. The van der Waals surface area contributed by atoms with E-state index in [1.54, 1.807) is 12.1 Å². The van der Waals surface area contributed by atoms with Crippen LogP contribution in [-0.2, 0) is 6.54 Å². The van der Waals surface area contributed by atoms with Crippen molar-refractivity contribution in [1.29, 1.82) is 0 Å². The highest BCUT2D eigenvalue weighted by atomic mass is 19.1. The van der Waals surface area contributed by atoms with Gasteiger partial charge in [-0.1, -0.05) is 13.0 Å². The highest BCUT2D eigenvalue weighted by Crippen LogP contribution is 2.32. The van der Waals surface area contributed by atoms with Crippen molar-refractivity contribution >= 4 is 5.69 Å². The lowest BCUT2D eigenvalue weighted by Crippen LogP contribution is -2.26. The molecule has 88 valence electrons. The first-order valence-electron chi connectivity index (χ1n) is 6.01. The summed E-state index contributed by atoms with van der Waals surface area (Å²) < 4.78 is 13.6. The lowest BCUT2D eigenvalue weighted by molar-refractivity contribution is 0.609. The van der Waals surface area contributed by atoms with Crippen molar-refractivity contribution in [2.24, 2.45) is 5.73 Å². The third-order valence-electron chi connectivity index (χ3n) is 3.04. The lowest BCUT2D eigenvalue weighted by Gasteiger charge is -2.24. The first-order chi connectivity index (χ1) is 7.76. The topological polar surface area (TPSA) is 29.3 Å². The Labute approximate surface area is 96.2 Å². The summed E-state index contributed by atoms with van der Waals surface area (Å²) in [6.07, 6.45) is 3.57. The molecule has 1 aromatic carbocycles. The van der Waals surface area contributed by atoms with Gasteiger partial charge in [0.1, 0.15) is 5.82 Å². The fourth-order valence-electron chi connectivity index (χ4n) is 2.03. The SMILES string of the molecule is CCCN(c1ccc(CN)c(F)c1)C1CC1. The van der Waals surface area contributed by atoms with Crippen LogP contribution in [0.25, 0.3) is 0 Å². The molecular weight excluding hydrogens is 203 g/mol. The smallest absolute Gasteiger partial charge is 0.129 e. The molecule has 0 amide bonds. The Hall–Kier alpha value is -1.09. The van der Waals surface area contributed by atoms with E-state index < -0.39 is 0 Å². The molecule has 0 radical (unpaired) electrons. The molecule has 0 bridgehead atoms. The Kier molecular flexibility index (Phi) is 3.44. The summed E-state index contributed by atoms with van der Waals surface area (Å²) in [5.41, 5.74) is 7.05. The van der Waals surface area contributed by atoms with Crippen molar-refractivity contribution in [2.45, 2.75) is 38.8 Å². The fraction of sp³-hybridized carbons (Fsp3) is 0.538. The van der Waals surface area contributed by atoms with E-state index in [0.717, 1.165) is 18.7 Å². The van der Waals surface area contributed by atoms with Crippen molar-refractivity contribution in [3.63, 3.8) is 0 Å². The van der Waals surface area contributed by atoms with Gasteiger partial charge in [-0.15, -0.1) is 0 Å². The zero-order chi connectivity index (χ0) is 11.5. The molecule has 2 rings (SSSR count). The van der Waals surface area contributed by atoms with Gasteiger partial charge in [0.25, 0.3) is 0 Å². The zero-order valence-corrected chi connectivity index (χ0v) is 9.75. The van der Waals surface area contributed by atoms with Gasteiger partial charge in [-0.2, -0.15) is 0 Å². The standard InChI is InChI=1S/C13H19FN2/c1-2-7-16(11-5-6-11)12-4-3-10(9-15)13(14)8-12/h3-4,8,11H,2,5-7,9,15H2,1H3. The van der Waals surface area contributed by atoms with Gasteiger partial charge in [-0.05, 0) is 31.4 Å². The molecule has 1 aliphatic carbocycles. The normalized spacial score (nSPS) is 15.2. The van der Waals surface area contributed by atoms with Crippen LogP contribution in [0, 0.1) is 5.82 Å². The molecule has 1 aromatic rings. The Morgan fingerprint density at radius 3 is 2.69 bits per heavy atom. The molecule has 3 heteroatoms. The predicted molar refractivity (Wildman–Crippen MR) is 65.0 cm³/mol. The van der Waals surface area contributed by atoms with Crippen LogP contribution in [0.4, 0.5) is 10.1 Å². The molecule has 1 fully saturated rings. The van der Waals surface area contributed by atoms with Crippen LogP contribution >= 0.6 is 0 Å². The van der Waals surface area contributed by atoms with Gasteiger partial charge < -0.3 is 10.6 Å². The minimum absolute atomic E-state index is 0.179. The Morgan fingerprint density at radius 1 is 1.44 bits per heavy atom. The number of anilines is 1. The van der Waals surface area contributed by atoms with Gasteiger partial charge in [-0.3, -0.25) is 0 Å². The predicted octanol–water partition coefficient (Wildman–Crippen LogP) is 2.66. The first-order valence-corrected chi connectivity index (χ1v) is 6.01. The van der Waals surface area contributed by atoms with Crippen LogP contribution in [0.2, 0.25) is 0 Å². The van der Waals surface area contributed by atoms with E-state index in [2.05, 4.69) is 11.8 Å². The van der Waals surface area contributed by atoms with Crippen LogP contribution in [0.15, 0.2) is 18.2 Å². The third kappa shape index (κ3) is 2.35. The van der Waals surface area contributed by atoms with E-state index in [1.807, 2.05) is 6.07 Å². The number of benzene rings is 1. The van der Waals surface area contributed by atoms with Crippen LogP contribution in [0.1, 0.15) is 31.7 Å². The molecule has 0 unspecified atom stereocenters. The van der Waals surface area contributed by atoms with Crippen molar-refractivity contribution in [2.75, 3.05) is 11.4 Å². The molecule has 2 N–H and O–H groups in total. The second-order valence-corrected chi connectivity index (χ2v) is 4.40. The Morgan fingerprint density at radius 2 is 2.19 bits per heavy atom. The van der Waals surface area contributed by atoms with Crippen molar-refractivity contribution in [1.82, 2.24) is 0 Å². The first kappa shape index (κ1) is 11.4. The van der Waals surface area contributed by atoms with E-state index in [1.165, 1.54) is 12.8 Å². The maximum atomic E-state index is 13.6. The molecule has 0 aliphatic heterocycles. The summed E-state index contributed by atoms with van der Waals surface area (Å²) in [6, 6.07) is 6.04. The second kappa shape index (κ2) is 4.83. The fourth-order valence-corrected chi connectivity index (χ4v) is 2.03. The van der Waals surface area contributed by atoms with Crippen LogP contribution < -0.4 is 10.6 Å². The van der Waals surface area contributed by atoms with Gasteiger partial charge in [0, 0.05) is 30.4 Å². The van der Waals surface area contributed by atoms with Gasteiger partial charge >= 0.3 is 0 Å². The van der Waals surface area contributed by atoms with Gasteiger partial charge in [-0.25, -0.2) is 4.39 Å². The molecule has 2 nitrogen and oxygen atoms in total. The maximum Gasteiger partial charge on any atom is 0.129 e. The summed E-state index contributed by atoms with van der Waals surface area (Å²) >= 11 is 0. The van der Waals surface area contributed by atoms with Crippen LogP contribution in [-0.4, -0.2) is 12.6 Å². The van der Waals surface area contributed by atoms with E-state index in [9.17, 15) is 4.39 Å². The molecule has 0 saturated heterocycles. The highest BCUT2D eigenvalue weighted by molar-refractivity contribution is 5.50.